The van der Waals surface area contributed by atoms with Crippen LogP contribution in [0.1, 0.15) is 0 Å². The molecule has 0 saturated carbocycles. The molecule has 11 heavy (non-hydrogen) atoms. The smallest absolute Gasteiger partial charge is 0.293 e. The third kappa shape index (κ3) is 2.81. The number of hydroxylamine groups is 2. The van der Waals surface area contributed by atoms with Crippen molar-refractivity contribution in [2.75, 3.05) is 21.2 Å². The lowest BCUT2D eigenvalue weighted by molar-refractivity contribution is -0.164. The summed E-state index contributed by atoms with van der Waals surface area (Å²) in [6.07, 6.45) is 0. The number of thiol groups is 1. The van der Waals surface area contributed by atoms with Gasteiger partial charge in [-0.3, -0.25) is 9.63 Å². The van der Waals surface area contributed by atoms with Crippen molar-refractivity contribution in [3.63, 3.8) is 0 Å². The first-order valence-corrected chi connectivity index (χ1v) is 3.53. The molecule has 0 spiro atoms. The Balaban J connectivity index is 4.22. The van der Waals surface area contributed by atoms with Crippen LogP contribution in [0, 0.1) is 0 Å². The Morgan fingerprint density at radius 1 is 1.73 bits per heavy atom. The van der Waals surface area contributed by atoms with Crippen LogP contribution in [0.25, 0.3) is 0 Å². The van der Waals surface area contributed by atoms with Crippen molar-refractivity contribution in [2.24, 2.45) is 0 Å². The number of amides is 1. The molecule has 0 radical (unpaired) electrons. The zero-order chi connectivity index (χ0) is 8.85. The maximum atomic E-state index is 11.2. The molecule has 0 aliphatic heterocycles. The molecule has 0 atom stereocenters. The van der Waals surface area contributed by atoms with Crippen molar-refractivity contribution in [1.82, 2.24) is 10.4 Å². The fourth-order valence-electron chi connectivity index (χ4n) is 0.479. The van der Waals surface area contributed by atoms with E-state index in [2.05, 4.69) is 22.8 Å². The molecule has 0 aromatic rings. The van der Waals surface area contributed by atoms with Crippen LogP contribution < -0.4 is 5.32 Å². The molecule has 1 amide bonds. The Morgan fingerprint density at radius 3 is 2.55 bits per heavy atom. The Morgan fingerprint density at radius 2 is 2.27 bits per heavy atom. The first-order valence-electron chi connectivity index (χ1n) is 3.01. The SMILES string of the molecule is CN/C(=C\S)C(=O)N(C)OC. The average molecular weight is 176 g/mol. The minimum absolute atomic E-state index is 0.259. The van der Waals surface area contributed by atoms with Gasteiger partial charge in [-0.1, -0.05) is 0 Å². The summed E-state index contributed by atoms with van der Waals surface area (Å²) in [7, 11) is 4.59. The average Bonchev–Trinajstić information content (AvgIpc) is 2.05. The maximum Gasteiger partial charge on any atom is 0.293 e. The number of nitrogens with zero attached hydrogens (tertiary/aromatic N) is 1. The molecule has 0 aromatic heterocycles. The van der Waals surface area contributed by atoms with Gasteiger partial charge in [0.1, 0.15) is 5.70 Å². The predicted octanol–water partition coefficient (Wildman–Crippen LogP) is -0.00320. The highest BCUT2D eigenvalue weighted by Gasteiger charge is 2.11. The third-order valence-corrected chi connectivity index (χ3v) is 1.45. The normalized spacial score (nSPS) is 11.1. The van der Waals surface area contributed by atoms with E-state index in [-0.39, 0.29) is 5.91 Å². The number of rotatable bonds is 3. The molecule has 0 saturated heterocycles. The molecular weight excluding hydrogens is 164 g/mol. The van der Waals surface area contributed by atoms with Gasteiger partial charge in [0.05, 0.1) is 7.11 Å². The van der Waals surface area contributed by atoms with E-state index in [4.69, 9.17) is 0 Å². The van der Waals surface area contributed by atoms with Crippen LogP contribution in [0.2, 0.25) is 0 Å². The minimum Gasteiger partial charge on any atom is -0.383 e. The second-order valence-corrected chi connectivity index (χ2v) is 2.04. The summed E-state index contributed by atoms with van der Waals surface area (Å²) in [5, 5.41) is 5.18. The molecule has 0 fully saturated rings. The first-order chi connectivity index (χ1) is 5.17. The molecule has 1 N–H and O–H groups in total. The molecule has 0 heterocycles. The van der Waals surface area contributed by atoms with Crippen molar-refractivity contribution in [2.45, 2.75) is 0 Å². The van der Waals surface area contributed by atoms with Crippen molar-refractivity contribution >= 4 is 18.5 Å². The highest BCUT2D eigenvalue weighted by Crippen LogP contribution is 1.96. The van der Waals surface area contributed by atoms with Gasteiger partial charge < -0.3 is 5.32 Å². The summed E-state index contributed by atoms with van der Waals surface area (Å²) in [6.45, 7) is 0. The molecule has 64 valence electrons. The van der Waals surface area contributed by atoms with E-state index in [0.29, 0.717) is 5.70 Å². The van der Waals surface area contributed by atoms with E-state index in [1.54, 1.807) is 7.05 Å². The van der Waals surface area contributed by atoms with Crippen LogP contribution in [-0.2, 0) is 9.63 Å². The monoisotopic (exact) mass is 176 g/mol. The highest BCUT2D eigenvalue weighted by molar-refractivity contribution is 7.83. The van der Waals surface area contributed by atoms with Crippen molar-refractivity contribution in [3.05, 3.63) is 11.1 Å². The quantitative estimate of drug-likeness (QED) is 0.361. The molecule has 0 aliphatic rings. The lowest BCUT2D eigenvalue weighted by atomic mass is 10.4. The zero-order valence-electron chi connectivity index (χ0n) is 6.79. The fraction of sp³-hybridized carbons (Fsp3) is 0.500. The van der Waals surface area contributed by atoms with Crippen molar-refractivity contribution in [3.8, 4) is 0 Å². The minimum atomic E-state index is -0.259. The van der Waals surface area contributed by atoms with Gasteiger partial charge in [-0.05, 0) is 5.41 Å². The van der Waals surface area contributed by atoms with Crippen molar-refractivity contribution < 1.29 is 9.63 Å². The van der Waals surface area contributed by atoms with E-state index >= 15 is 0 Å². The van der Waals surface area contributed by atoms with Gasteiger partial charge in [-0.15, -0.1) is 12.6 Å². The van der Waals surface area contributed by atoms with Crippen LogP contribution in [0.15, 0.2) is 11.1 Å². The molecule has 5 heteroatoms. The van der Waals surface area contributed by atoms with Gasteiger partial charge in [0.15, 0.2) is 0 Å². The second-order valence-electron chi connectivity index (χ2n) is 1.78. The van der Waals surface area contributed by atoms with E-state index in [1.165, 1.54) is 19.6 Å². The molecule has 0 bridgehead atoms. The molecule has 0 rings (SSSR count). The van der Waals surface area contributed by atoms with Gasteiger partial charge in [-0.25, -0.2) is 5.06 Å². The summed E-state index contributed by atoms with van der Waals surface area (Å²) < 4.78 is 0. The summed E-state index contributed by atoms with van der Waals surface area (Å²) in [4.78, 5) is 15.8. The number of carbonyl (C=O) groups excluding carboxylic acids is 1. The molecular formula is C6H12N2O2S. The Labute approximate surface area is 71.6 Å². The number of likely N-dealkylation sites (N-methyl/N-ethyl adjacent to an activating group) is 2. The Bertz CT molecular complexity index is 170. The maximum absolute atomic E-state index is 11.2. The predicted molar refractivity (Wildman–Crippen MR) is 45.9 cm³/mol. The highest BCUT2D eigenvalue weighted by atomic mass is 32.1. The van der Waals surface area contributed by atoms with E-state index in [9.17, 15) is 4.79 Å². The number of carbonyl (C=O) groups is 1. The topological polar surface area (TPSA) is 41.6 Å². The van der Waals surface area contributed by atoms with Crippen LogP contribution in [-0.4, -0.2) is 32.2 Å². The Kier molecular flexibility index (Phi) is 4.72. The second kappa shape index (κ2) is 5.03. The summed E-state index contributed by atoms with van der Waals surface area (Å²) in [6, 6.07) is 0. The third-order valence-electron chi connectivity index (χ3n) is 1.19. The van der Waals surface area contributed by atoms with Gasteiger partial charge in [0.25, 0.3) is 5.91 Å². The van der Waals surface area contributed by atoms with Gasteiger partial charge in [0.2, 0.25) is 0 Å². The van der Waals surface area contributed by atoms with Gasteiger partial charge in [-0.2, -0.15) is 0 Å². The van der Waals surface area contributed by atoms with E-state index in [0.717, 1.165) is 5.06 Å². The molecule has 0 aromatic carbocycles. The Hall–Kier alpha value is -0.680. The largest absolute Gasteiger partial charge is 0.383 e. The number of hydrogen-bond acceptors (Lipinski definition) is 4. The molecule has 4 nitrogen and oxygen atoms in total. The number of hydrogen-bond donors (Lipinski definition) is 2. The summed E-state index contributed by atoms with van der Waals surface area (Å²) >= 11 is 3.84. The number of nitrogens with one attached hydrogen (secondary N) is 1. The zero-order valence-corrected chi connectivity index (χ0v) is 7.68. The van der Waals surface area contributed by atoms with Crippen LogP contribution >= 0.6 is 12.6 Å². The fourth-order valence-corrected chi connectivity index (χ4v) is 0.719. The summed E-state index contributed by atoms with van der Waals surface area (Å²) in [5.41, 5.74) is 0.387. The lowest BCUT2D eigenvalue weighted by Gasteiger charge is -2.14. The van der Waals surface area contributed by atoms with Crippen LogP contribution in [0.3, 0.4) is 0 Å². The van der Waals surface area contributed by atoms with E-state index < -0.39 is 0 Å². The lowest BCUT2D eigenvalue weighted by Crippen LogP contribution is -2.31. The van der Waals surface area contributed by atoms with Crippen LogP contribution in [0.5, 0.6) is 0 Å². The standard InChI is InChI=1S/C6H12N2O2S/c1-7-5(4-11)6(9)8(2)10-3/h4,7,11H,1-3H3/b5-4-. The molecule has 0 aliphatic carbocycles. The van der Waals surface area contributed by atoms with Gasteiger partial charge in [0, 0.05) is 14.1 Å². The first kappa shape index (κ1) is 10.3. The summed E-state index contributed by atoms with van der Waals surface area (Å²) in [5.74, 6) is -0.259. The van der Waals surface area contributed by atoms with E-state index in [1.807, 2.05) is 0 Å². The van der Waals surface area contributed by atoms with Gasteiger partial charge >= 0.3 is 0 Å². The van der Waals surface area contributed by atoms with Crippen LogP contribution in [0.4, 0.5) is 0 Å². The molecule has 0 unspecified atom stereocenters. The van der Waals surface area contributed by atoms with Crippen molar-refractivity contribution in [1.29, 1.82) is 0 Å².